The number of hydrogen-bond acceptors (Lipinski definition) is 4. The molecule has 0 bridgehead atoms. The molecule has 15 heavy (non-hydrogen) atoms. The highest BCUT2D eigenvalue weighted by Gasteiger charge is 1.98. The smallest absolute Gasteiger partial charge is 0.0638 e. The monoisotopic (exact) mass is 225 g/mol. The van der Waals surface area contributed by atoms with Gasteiger partial charge in [0.05, 0.1) is 11.9 Å². The molecule has 0 unspecified atom stereocenters. The van der Waals surface area contributed by atoms with E-state index in [-0.39, 0.29) is 0 Å². The first-order chi connectivity index (χ1) is 7.20. The maximum Gasteiger partial charge on any atom is 0.0638 e. The minimum absolute atomic E-state index is 0.570. The Labute approximate surface area is 95.9 Å². The molecule has 84 valence electrons. The predicted molar refractivity (Wildman–Crippen MR) is 67.1 cm³/mol. The van der Waals surface area contributed by atoms with Crippen LogP contribution in [0, 0.1) is 0 Å². The Hall–Kier alpha value is -0.740. The SMILES string of the molecule is CC(C)NCCCSc1ccncc1N. The molecule has 0 saturated heterocycles. The highest BCUT2D eigenvalue weighted by atomic mass is 32.2. The third-order valence-corrected chi connectivity index (χ3v) is 3.12. The summed E-state index contributed by atoms with van der Waals surface area (Å²) in [5, 5.41) is 3.39. The summed E-state index contributed by atoms with van der Waals surface area (Å²) in [5.74, 6) is 1.09. The average Bonchev–Trinajstić information content (AvgIpc) is 2.20. The minimum Gasteiger partial charge on any atom is -0.397 e. The van der Waals surface area contributed by atoms with Crippen LogP contribution >= 0.6 is 11.8 Å². The Kier molecular flexibility index (Phi) is 5.50. The van der Waals surface area contributed by atoms with E-state index in [1.54, 1.807) is 24.2 Å². The summed E-state index contributed by atoms with van der Waals surface area (Å²) in [4.78, 5) is 5.10. The minimum atomic E-state index is 0.570. The molecule has 0 aliphatic heterocycles. The summed E-state index contributed by atoms with van der Waals surface area (Å²) in [6.07, 6.45) is 4.64. The molecule has 0 saturated carbocycles. The summed E-state index contributed by atoms with van der Waals surface area (Å²) in [6, 6.07) is 2.54. The Balaban J connectivity index is 2.18. The number of rotatable bonds is 6. The summed E-state index contributed by atoms with van der Waals surface area (Å²) in [5.41, 5.74) is 6.56. The standard InChI is InChI=1S/C11H19N3S/c1-9(2)14-5-3-7-15-11-4-6-13-8-10(11)12/h4,6,8-9,14H,3,5,7,12H2,1-2H3. The van der Waals surface area contributed by atoms with Gasteiger partial charge in [-0.15, -0.1) is 11.8 Å². The molecule has 0 spiro atoms. The van der Waals surface area contributed by atoms with Gasteiger partial charge in [-0.05, 0) is 24.8 Å². The van der Waals surface area contributed by atoms with Gasteiger partial charge >= 0.3 is 0 Å². The number of thioether (sulfide) groups is 1. The summed E-state index contributed by atoms with van der Waals surface area (Å²) < 4.78 is 0. The van der Waals surface area contributed by atoms with E-state index in [4.69, 9.17) is 5.73 Å². The van der Waals surface area contributed by atoms with E-state index in [9.17, 15) is 0 Å². The second-order valence-corrected chi connectivity index (χ2v) is 4.86. The summed E-state index contributed by atoms with van der Waals surface area (Å²) >= 11 is 1.79. The van der Waals surface area contributed by atoms with Gasteiger partial charge in [-0.3, -0.25) is 4.98 Å². The van der Waals surface area contributed by atoms with Gasteiger partial charge in [0.25, 0.3) is 0 Å². The Bertz CT molecular complexity index is 289. The topological polar surface area (TPSA) is 50.9 Å². The highest BCUT2D eigenvalue weighted by Crippen LogP contribution is 2.23. The quantitative estimate of drug-likeness (QED) is 0.575. The number of nitrogens with one attached hydrogen (secondary N) is 1. The van der Waals surface area contributed by atoms with Gasteiger partial charge in [-0.2, -0.15) is 0 Å². The molecule has 3 nitrogen and oxygen atoms in total. The Morgan fingerprint density at radius 1 is 1.53 bits per heavy atom. The first-order valence-corrected chi connectivity index (χ1v) is 6.24. The molecule has 1 heterocycles. The zero-order valence-electron chi connectivity index (χ0n) is 9.36. The third kappa shape index (κ3) is 5.04. The van der Waals surface area contributed by atoms with Gasteiger partial charge < -0.3 is 11.1 Å². The molecular weight excluding hydrogens is 206 g/mol. The zero-order chi connectivity index (χ0) is 11.1. The normalized spacial score (nSPS) is 10.9. The molecule has 0 aliphatic rings. The number of aromatic nitrogens is 1. The number of hydrogen-bond donors (Lipinski definition) is 2. The van der Waals surface area contributed by atoms with Crippen molar-refractivity contribution < 1.29 is 0 Å². The fourth-order valence-electron chi connectivity index (χ4n) is 1.17. The second-order valence-electron chi connectivity index (χ2n) is 3.72. The number of pyridine rings is 1. The lowest BCUT2D eigenvalue weighted by Crippen LogP contribution is -2.23. The Morgan fingerprint density at radius 3 is 3.00 bits per heavy atom. The number of nitrogen functional groups attached to an aromatic ring is 1. The molecule has 0 radical (unpaired) electrons. The molecule has 0 aromatic carbocycles. The van der Waals surface area contributed by atoms with Crippen molar-refractivity contribution in [1.82, 2.24) is 10.3 Å². The molecule has 4 heteroatoms. The van der Waals surface area contributed by atoms with Gasteiger partial charge in [-0.1, -0.05) is 13.8 Å². The maximum atomic E-state index is 5.78. The lowest BCUT2D eigenvalue weighted by atomic mass is 10.4. The molecule has 0 aliphatic carbocycles. The molecule has 0 fully saturated rings. The van der Waals surface area contributed by atoms with E-state index in [1.807, 2.05) is 6.07 Å². The predicted octanol–water partition coefficient (Wildman–Crippen LogP) is 2.14. The Morgan fingerprint density at radius 2 is 2.33 bits per heavy atom. The van der Waals surface area contributed by atoms with Crippen LogP contribution in [0.4, 0.5) is 5.69 Å². The van der Waals surface area contributed by atoms with Crippen LogP contribution in [0.25, 0.3) is 0 Å². The number of anilines is 1. The fraction of sp³-hybridized carbons (Fsp3) is 0.545. The van der Waals surface area contributed by atoms with Crippen molar-refractivity contribution >= 4 is 17.4 Å². The van der Waals surface area contributed by atoms with Crippen LogP contribution in [0.3, 0.4) is 0 Å². The van der Waals surface area contributed by atoms with Gasteiger partial charge in [0, 0.05) is 17.1 Å². The first kappa shape index (κ1) is 12.3. The number of nitrogens with zero attached hydrogens (tertiary/aromatic N) is 1. The van der Waals surface area contributed by atoms with Crippen LogP contribution in [0.15, 0.2) is 23.4 Å². The van der Waals surface area contributed by atoms with Crippen molar-refractivity contribution in [3.63, 3.8) is 0 Å². The highest BCUT2D eigenvalue weighted by molar-refractivity contribution is 7.99. The third-order valence-electron chi connectivity index (χ3n) is 1.94. The van der Waals surface area contributed by atoms with Crippen LogP contribution in [-0.4, -0.2) is 23.3 Å². The summed E-state index contributed by atoms with van der Waals surface area (Å²) in [6.45, 7) is 5.39. The van der Waals surface area contributed by atoms with Crippen LogP contribution in [0.5, 0.6) is 0 Å². The van der Waals surface area contributed by atoms with E-state index in [1.165, 1.54) is 0 Å². The van der Waals surface area contributed by atoms with Crippen molar-refractivity contribution in [1.29, 1.82) is 0 Å². The average molecular weight is 225 g/mol. The van der Waals surface area contributed by atoms with Gasteiger partial charge in [0.2, 0.25) is 0 Å². The molecule has 0 atom stereocenters. The van der Waals surface area contributed by atoms with Gasteiger partial charge in [-0.25, -0.2) is 0 Å². The van der Waals surface area contributed by atoms with Crippen LogP contribution in [0.1, 0.15) is 20.3 Å². The lowest BCUT2D eigenvalue weighted by Gasteiger charge is -2.08. The molecular formula is C11H19N3S. The largest absolute Gasteiger partial charge is 0.397 e. The van der Waals surface area contributed by atoms with Crippen molar-refractivity contribution in [2.45, 2.75) is 31.2 Å². The zero-order valence-corrected chi connectivity index (χ0v) is 10.2. The van der Waals surface area contributed by atoms with Crippen LogP contribution in [0.2, 0.25) is 0 Å². The molecule has 0 amide bonds. The van der Waals surface area contributed by atoms with Crippen molar-refractivity contribution in [2.24, 2.45) is 0 Å². The molecule has 1 rings (SSSR count). The first-order valence-electron chi connectivity index (χ1n) is 5.26. The number of nitrogens with two attached hydrogens (primary N) is 1. The van der Waals surface area contributed by atoms with Crippen LogP contribution < -0.4 is 11.1 Å². The van der Waals surface area contributed by atoms with E-state index in [0.717, 1.165) is 29.3 Å². The molecule has 3 N–H and O–H groups in total. The van der Waals surface area contributed by atoms with Crippen molar-refractivity contribution in [3.8, 4) is 0 Å². The van der Waals surface area contributed by atoms with E-state index in [2.05, 4.69) is 24.1 Å². The molecule has 1 aromatic rings. The lowest BCUT2D eigenvalue weighted by molar-refractivity contribution is 0.586. The fourth-order valence-corrected chi connectivity index (χ4v) is 2.06. The van der Waals surface area contributed by atoms with Gasteiger partial charge in [0.15, 0.2) is 0 Å². The maximum absolute atomic E-state index is 5.78. The molecule has 1 aromatic heterocycles. The van der Waals surface area contributed by atoms with Crippen LogP contribution in [-0.2, 0) is 0 Å². The van der Waals surface area contributed by atoms with Gasteiger partial charge in [0.1, 0.15) is 0 Å². The summed E-state index contributed by atoms with van der Waals surface area (Å²) in [7, 11) is 0. The second kappa shape index (κ2) is 6.69. The van der Waals surface area contributed by atoms with E-state index >= 15 is 0 Å². The van der Waals surface area contributed by atoms with E-state index < -0.39 is 0 Å². The van der Waals surface area contributed by atoms with Crippen molar-refractivity contribution in [3.05, 3.63) is 18.5 Å². The van der Waals surface area contributed by atoms with Crippen molar-refractivity contribution in [2.75, 3.05) is 18.0 Å². The van der Waals surface area contributed by atoms with E-state index in [0.29, 0.717) is 6.04 Å².